The predicted octanol–water partition coefficient (Wildman–Crippen LogP) is 1.70. The number of aliphatic hydroxyl groups excluding tert-OH is 1. The zero-order chi connectivity index (χ0) is 11.0. The lowest BCUT2D eigenvalue weighted by molar-refractivity contribution is -0.121. The molecule has 3 heteroatoms. The van der Waals surface area contributed by atoms with E-state index >= 15 is 0 Å². The highest BCUT2D eigenvalue weighted by atomic mass is 16.3. The molecule has 0 saturated heterocycles. The Labute approximate surface area is 86.9 Å². The van der Waals surface area contributed by atoms with Crippen molar-refractivity contribution < 1.29 is 9.90 Å². The number of carbonyl (C=O) groups is 1. The summed E-state index contributed by atoms with van der Waals surface area (Å²) >= 11 is 0. The molecule has 0 rings (SSSR count). The van der Waals surface area contributed by atoms with Gasteiger partial charge in [0, 0.05) is 19.6 Å². The van der Waals surface area contributed by atoms with Crippen molar-refractivity contribution in [1.82, 2.24) is 5.32 Å². The average molecular weight is 201 g/mol. The molecule has 0 fully saturated rings. The first-order valence-corrected chi connectivity index (χ1v) is 5.51. The Morgan fingerprint density at radius 2 is 1.86 bits per heavy atom. The van der Waals surface area contributed by atoms with Crippen LogP contribution in [0.5, 0.6) is 0 Å². The fraction of sp³-hybridized carbons (Fsp3) is 0.909. The van der Waals surface area contributed by atoms with Gasteiger partial charge in [-0.05, 0) is 24.7 Å². The number of nitrogens with one attached hydrogen (secondary N) is 1. The quantitative estimate of drug-likeness (QED) is 0.658. The molecule has 0 unspecified atom stereocenters. The van der Waals surface area contributed by atoms with Crippen molar-refractivity contribution >= 4 is 5.91 Å². The van der Waals surface area contributed by atoms with Gasteiger partial charge < -0.3 is 10.4 Å². The number of amides is 1. The van der Waals surface area contributed by atoms with Gasteiger partial charge in [0.05, 0.1) is 0 Å². The number of hydrogen-bond donors (Lipinski definition) is 2. The Bertz CT molecular complexity index is 165. The molecule has 1 amide bonds. The molecular formula is C11H23NO2. The fourth-order valence-corrected chi connectivity index (χ4v) is 1.59. The maximum Gasteiger partial charge on any atom is 0.219 e. The predicted molar refractivity (Wildman–Crippen MR) is 58.0 cm³/mol. The first-order valence-electron chi connectivity index (χ1n) is 5.51. The van der Waals surface area contributed by atoms with E-state index in [9.17, 15) is 4.79 Å². The third-order valence-corrected chi connectivity index (χ3v) is 3.12. The van der Waals surface area contributed by atoms with Crippen LogP contribution in [0.15, 0.2) is 0 Å². The van der Waals surface area contributed by atoms with Crippen LogP contribution in [-0.2, 0) is 4.79 Å². The molecule has 0 heterocycles. The van der Waals surface area contributed by atoms with Crippen molar-refractivity contribution in [2.75, 3.05) is 13.2 Å². The average Bonchev–Trinajstić information content (AvgIpc) is 2.24. The summed E-state index contributed by atoms with van der Waals surface area (Å²) in [6.07, 6.45) is 3.29. The summed E-state index contributed by atoms with van der Waals surface area (Å²) in [6.45, 7) is 6.95. The molecule has 3 nitrogen and oxygen atoms in total. The van der Waals surface area contributed by atoms with E-state index in [2.05, 4.69) is 19.2 Å². The third kappa shape index (κ3) is 4.09. The van der Waals surface area contributed by atoms with E-state index in [1.807, 2.05) is 6.92 Å². The standard InChI is InChI=1S/C11H23NO2/c1-4-10(14)12-9-11(5-2,6-3)7-8-13/h13H,4-9H2,1-3H3,(H,12,14). The van der Waals surface area contributed by atoms with Crippen LogP contribution in [0, 0.1) is 5.41 Å². The highest BCUT2D eigenvalue weighted by Crippen LogP contribution is 2.29. The Morgan fingerprint density at radius 1 is 1.29 bits per heavy atom. The Morgan fingerprint density at radius 3 is 2.21 bits per heavy atom. The van der Waals surface area contributed by atoms with Gasteiger partial charge in [0.2, 0.25) is 5.91 Å². The van der Waals surface area contributed by atoms with Crippen LogP contribution in [0.4, 0.5) is 0 Å². The minimum Gasteiger partial charge on any atom is -0.396 e. The molecule has 2 N–H and O–H groups in total. The van der Waals surface area contributed by atoms with Crippen LogP contribution in [0.1, 0.15) is 46.5 Å². The fourth-order valence-electron chi connectivity index (χ4n) is 1.59. The van der Waals surface area contributed by atoms with Crippen molar-refractivity contribution in [2.24, 2.45) is 5.41 Å². The summed E-state index contributed by atoms with van der Waals surface area (Å²) in [5.74, 6) is 0.0919. The summed E-state index contributed by atoms with van der Waals surface area (Å²) in [5.41, 5.74) is 0.0829. The molecule has 0 aromatic carbocycles. The van der Waals surface area contributed by atoms with Crippen molar-refractivity contribution in [2.45, 2.75) is 46.5 Å². The summed E-state index contributed by atoms with van der Waals surface area (Å²) in [5, 5.41) is 11.9. The largest absolute Gasteiger partial charge is 0.396 e. The van der Waals surface area contributed by atoms with Crippen molar-refractivity contribution in [3.05, 3.63) is 0 Å². The molecule has 0 bridgehead atoms. The van der Waals surface area contributed by atoms with Gasteiger partial charge in [0.25, 0.3) is 0 Å². The highest BCUT2D eigenvalue weighted by molar-refractivity contribution is 5.75. The van der Waals surface area contributed by atoms with E-state index in [0.29, 0.717) is 13.0 Å². The lowest BCUT2D eigenvalue weighted by Crippen LogP contribution is -2.37. The van der Waals surface area contributed by atoms with Crippen LogP contribution in [0.2, 0.25) is 0 Å². The highest BCUT2D eigenvalue weighted by Gasteiger charge is 2.25. The second-order valence-electron chi connectivity index (χ2n) is 3.81. The molecule has 0 aromatic rings. The molecule has 14 heavy (non-hydrogen) atoms. The van der Waals surface area contributed by atoms with Gasteiger partial charge in [-0.15, -0.1) is 0 Å². The topological polar surface area (TPSA) is 49.3 Å². The summed E-state index contributed by atoms with van der Waals surface area (Å²) in [7, 11) is 0. The van der Waals surface area contributed by atoms with Crippen molar-refractivity contribution in [1.29, 1.82) is 0 Å². The summed E-state index contributed by atoms with van der Waals surface area (Å²) < 4.78 is 0. The van der Waals surface area contributed by atoms with Crippen molar-refractivity contribution in [3.8, 4) is 0 Å². The first kappa shape index (κ1) is 13.4. The van der Waals surface area contributed by atoms with Gasteiger partial charge in [0.15, 0.2) is 0 Å². The van der Waals surface area contributed by atoms with E-state index in [4.69, 9.17) is 5.11 Å². The van der Waals surface area contributed by atoms with Gasteiger partial charge in [0.1, 0.15) is 0 Å². The molecule has 0 aliphatic carbocycles. The zero-order valence-electron chi connectivity index (χ0n) is 9.60. The molecule has 0 spiro atoms. The lowest BCUT2D eigenvalue weighted by atomic mass is 9.79. The molecule has 0 saturated carbocycles. The molecule has 0 aliphatic heterocycles. The third-order valence-electron chi connectivity index (χ3n) is 3.12. The lowest BCUT2D eigenvalue weighted by Gasteiger charge is -2.31. The molecule has 0 atom stereocenters. The van der Waals surface area contributed by atoms with Gasteiger partial charge in [-0.25, -0.2) is 0 Å². The zero-order valence-corrected chi connectivity index (χ0v) is 9.60. The molecule has 0 aromatic heterocycles. The summed E-state index contributed by atoms with van der Waals surface area (Å²) in [4.78, 5) is 11.1. The molecule has 84 valence electrons. The second kappa shape index (κ2) is 6.82. The van der Waals surface area contributed by atoms with Gasteiger partial charge in [-0.2, -0.15) is 0 Å². The van der Waals surface area contributed by atoms with Crippen LogP contribution < -0.4 is 5.32 Å². The summed E-state index contributed by atoms with van der Waals surface area (Å²) in [6, 6.07) is 0. The van der Waals surface area contributed by atoms with Gasteiger partial charge >= 0.3 is 0 Å². The molecule has 0 radical (unpaired) electrons. The number of rotatable bonds is 7. The van der Waals surface area contributed by atoms with E-state index in [1.165, 1.54) is 0 Å². The van der Waals surface area contributed by atoms with Gasteiger partial charge in [-0.1, -0.05) is 20.8 Å². The van der Waals surface area contributed by atoms with Crippen LogP contribution >= 0.6 is 0 Å². The number of aliphatic hydroxyl groups is 1. The van der Waals surface area contributed by atoms with Gasteiger partial charge in [-0.3, -0.25) is 4.79 Å². The Hall–Kier alpha value is -0.570. The minimum atomic E-state index is 0.0829. The SMILES string of the molecule is CCC(=O)NCC(CC)(CC)CCO. The maximum atomic E-state index is 11.1. The van der Waals surface area contributed by atoms with Crippen LogP contribution in [0.25, 0.3) is 0 Å². The Balaban J connectivity index is 4.13. The van der Waals surface area contributed by atoms with Crippen LogP contribution in [0.3, 0.4) is 0 Å². The monoisotopic (exact) mass is 201 g/mol. The van der Waals surface area contributed by atoms with E-state index in [0.717, 1.165) is 19.3 Å². The van der Waals surface area contributed by atoms with E-state index < -0.39 is 0 Å². The van der Waals surface area contributed by atoms with Crippen LogP contribution in [-0.4, -0.2) is 24.2 Å². The maximum absolute atomic E-state index is 11.1. The minimum absolute atomic E-state index is 0.0829. The van der Waals surface area contributed by atoms with Crippen molar-refractivity contribution in [3.63, 3.8) is 0 Å². The number of hydrogen-bond acceptors (Lipinski definition) is 2. The van der Waals surface area contributed by atoms with E-state index in [-0.39, 0.29) is 17.9 Å². The molecular weight excluding hydrogens is 178 g/mol. The second-order valence-corrected chi connectivity index (χ2v) is 3.81. The smallest absolute Gasteiger partial charge is 0.219 e. The Kier molecular flexibility index (Phi) is 6.54. The first-order chi connectivity index (χ1) is 6.64. The molecule has 0 aliphatic rings. The normalized spacial score (nSPS) is 11.4. The number of carbonyl (C=O) groups excluding carboxylic acids is 1. The van der Waals surface area contributed by atoms with E-state index in [1.54, 1.807) is 0 Å².